The van der Waals surface area contributed by atoms with Gasteiger partial charge in [-0.1, -0.05) is 35.9 Å². The van der Waals surface area contributed by atoms with Gasteiger partial charge in [0.25, 0.3) is 0 Å². The van der Waals surface area contributed by atoms with Crippen LogP contribution in [0.4, 0.5) is 23.1 Å². The first kappa shape index (κ1) is 24.6. The predicted octanol–water partition coefficient (Wildman–Crippen LogP) is 4.09. The minimum atomic E-state index is 0.252. The maximum absolute atomic E-state index is 9.71. The number of piperazine rings is 1. The van der Waals surface area contributed by atoms with Crippen LogP contribution in [0.3, 0.4) is 0 Å². The zero-order valence-electron chi connectivity index (χ0n) is 20.6. The number of nitrogens with one attached hydrogen (secondary N) is 2. The molecule has 10 nitrogen and oxygen atoms in total. The molecule has 2 aromatic heterocycles. The minimum absolute atomic E-state index is 0.252. The number of nitriles is 2. The molecule has 0 bridgehead atoms. The molecule has 3 aromatic rings. The van der Waals surface area contributed by atoms with Gasteiger partial charge in [0.2, 0.25) is 5.95 Å². The van der Waals surface area contributed by atoms with Gasteiger partial charge in [-0.2, -0.15) is 20.0 Å². The molecule has 0 spiro atoms. The highest BCUT2D eigenvalue weighted by Gasteiger charge is 2.25. The van der Waals surface area contributed by atoms with Crippen LogP contribution in [0.5, 0.6) is 0 Å². The summed E-state index contributed by atoms with van der Waals surface area (Å²) >= 11 is 6.87. The molecule has 188 valence electrons. The van der Waals surface area contributed by atoms with Crippen molar-refractivity contribution in [3.63, 3.8) is 0 Å². The molecule has 0 radical (unpaired) electrons. The second-order valence-electron chi connectivity index (χ2n) is 9.32. The Kier molecular flexibility index (Phi) is 6.95. The van der Waals surface area contributed by atoms with Crippen molar-refractivity contribution < 1.29 is 0 Å². The first-order chi connectivity index (χ1) is 17.9. The number of imidazole rings is 1. The minimum Gasteiger partial charge on any atom is -0.368 e. The van der Waals surface area contributed by atoms with E-state index in [1.807, 2.05) is 19.1 Å². The van der Waals surface area contributed by atoms with Crippen LogP contribution < -0.4 is 15.5 Å². The van der Waals surface area contributed by atoms with Crippen LogP contribution in [0, 0.1) is 22.7 Å². The average molecular weight is 515 g/mol. The van der Waals surface area contributed by atoms with Crippen LogP contribution >= 0.6 is 11.6 Å². The van der Waals surface area contributed by atoms with Crippen LogP contribution in [0.15, 0.2) is 42.6 Å². The second-order valence-corrected chi connectivity index (χ2v) is 9.70. The third-order valence-corrected chi connectivity index (χ3v) is 6.70. The Labute approximate surface area is 220 Å². The lowest BCUT2D eigenvalue weighted by Gasteiger charge is -2.36. The van der Waals surface area contributed by atoms with Gasteiger partial charge in [-0.25, -0.2) is 4.98 Å². The molecular formula is C26H27ClN10. The Hall–Kier alpha value is -4.12. The van der Waals surface area contributed by atoms with Gasteiger partial charge in [-0.05, 0) is 31.9 Å². The Balaban J connectivity index is 1.41. The summed E-state index contributed by atoms with van der Waals surface area (Å²) in [4.78, 5) is 13.5. The van der Waals surface area contributed by atoms with Gasteiger partial charge >= 0.3 is 0 Å². The van der Waals surface area contributed by atoms with E-state index < -0.39 is 0 Å². The smallest absolute Gasteiger partial charge is 0.247 e. The first-order valence-corrected chi connectivity index (χ1v) is 12.6. The quantitative estimate of drug-likeness (QED) is 0.428. The molecule has 1 aliphatic carbocycles. The van der Waals surface area contributed by atoms with Gasteiger partial charge in [0.05, 0.1) is 34.2 Å². The summed E-state index contributed by atoms with van der Waals surface area (Å²) in [5.74, 6) is 0.799. The largest absolute Gasteiger partial charge is 0.368 e. The Morgan fingerprint density at radius 3 is 2.68 bits per heavy atom. The molecule has 2 aliphatic rings. The molecule has 5 rings (SSSR count). The molecule has 2 fully saturated rings. The van der Waals surface area contributed by atoms with Gasteiger partial charge in [-0.15, -0.1) is 5.10 Å². The van der Waals surface area contributed by atoms with E-state index in [9.17, 15) is 10.5 Å². The maximum Gasteiger partial charge on any atom is 0.247 e. The normalized spacial score (nSPS) is 16.1. The van der Waals surface area contributed by atoms with Gasteiger partial charge in [0.15, 0.2) is 17.2 Å². The third kappa shape index (κ3) is 5.51. The van der Waals surface area contributed by atoms with E-state index in [1.54, 1.807) is 6.07 Å². The summed E-state index contributed by atoms with van der Waals surface area (Å²) in [6, 6.07) is 8.18. The number of halogens is 1. The summed E-state index contributed by atoms with van der Waals surface area (Å²) in [5.41, 5.74) is 3.62. The molecule has 3 heterocycles. The average Bonchev–Trinajstić information content (AvgIpc) is 3.61. The topological polar surface area (TPSA) is 121 Å². The Bertz CT molecular complexity index is 1450. The van der Waals surface area contributed by atoms with Gasteiger partial charge in [-0.3, -0.25) is 4.90 Å². The highest BCUT2D eigenvalue weighted by atomic mass is 35.5. The van der Waals surface area contributed by atoms with Crippen molar-refractivity contribution in [3.05, 3.63) is 58.9 Å². The van der Waals surface area contributed by atoms with Crippen LogP contribution in [-0.4, -0.2) is 63.2 Å². The van der Waals surface area contributed by atoms with Crippen molar-refractivity contribution in [2.75, 3.05) is 48.3 Å². The monoisotopic (exact) mass is 514 g/mol. The van der Waals surface area contributed by atoms with E-state index in [2.05, 4.69) is 60.3 Å². The van der Waals surface area contributed by atoms with Gasteiger partial charge in [0, 0.05) is 38.8 Å². The molecule has 0 unspecified atom stereocenters. The summed E-state index contributed by atoms with van der Waals surface area (Å²) in [6.07, 6.45) is 7.75. The number of hydrogen-bond acceptors (Lipinski definition) is 9. The van der Waals surface area contributed by atoms with Gasteiger partial charge in [0.1, 0.15) is 6.07 Å². The van der Waals surface area contributed by atoms with Crippen molar-refractivity contribution in [1.82, 2.24) is 24.5 Å². The SMILES string of the molecule is C=C(C)/C=C/CN1CCN(c2cc(C#N)cc(Nc3nc(NC4CC4)c4ncc(C#N)n4n3)c2Cl)CC1. The third-order valence-electron chi connectivity index (χ3n) is 6.30. The molecular weight excluding hydrogens is 488 g/mol. The fourth-order valence-electron chi connectivity index (χ4n) is 4.22. The van der Waals surface area contributed by atoms with Crippen LogP contribution in [0.25, 0.3) is 5.65 Å². The number of anilines is 4. The van der Waals surface area contributed by atoms with E-state index in [-0.39, 0.29) is 5.95 Å². The standard InChI is InChI=1S/C26H27ClN10/c1-17(2)4-3-7-35-8-10-36(11-9-35)22-13-18(14-28)12-21(23(22)27)32-26-33-24(31-19-5-6-19)25-30-16-20(15-29)37(25)34-26/h3-4,12-13,16,19H,1,5-11H2,2H3,(H2,31,32,33,34)/b4-3+. The van der Waals surface area contributed by atoms with E-state index in [4.69, 9.17) is 11.6 Å². The molecule has 0 amide bonds. The number of hydrogen-bond donors (Lipinski definition) is 2. The fraction of sp³-hybridized carbons (Fsp3) is 0.346. The molecule has 1 aliphatic heterocycles. The summed E-state index contributed by atoms with van der Waals surface area (Å²) < 4.78 is 1.46. The lowest BCUT2D eigenvalue weighted by molar-refractivity contribution is 0.284. The maximum atomic E-state index is 9.71. The zero-order chi connectivity index (χ0) is 25.9. The fourth-order valence-corrected chi connectivity index (χ4v) is 4.49. The summed E-state index contributed by atoms with van der Waals surface area (Å²) in [7, 11) is 0. The number of benzene rings is 1. The van der Waals surface area contributed by atoms with Gasteiger partial charge < -0.3 is 15.5 Å². The molecule has 11 heteroatoms. The second kappa shape index (κ2) is 10.5. The van der Waals surface area contributed by atoms with Crippen LogP contribution in [-0.2, 0) is 0 Å². The number of aromatic nitrogens is 4. The lowest BCUT2D eigenvalue weighted by atomic mass is 10.1. The van der Waals surface area contributed by atoms with Crippen molar-refractivity contribution in [2.45, 2.75) is 25.8 Å². The van der Waals surface area contributed by atoms with Crippen molar-refractivity contribution in [3.8, 4) is 12.1 Å². The number of fused-ring (bicyclic) bond motifs is 1. The molecule has 1 saturated carbocycles. The van der Waals surface area contributed by atoms with Crippen molar-refractivity contribution >= 4 is 40.4 Å². The van der Waals surface area contributed by atoms with E-state index in [0.29, 0.717) is 39.5 Å². The van der Waals surface area contributed by atoms with E-state index in [1.165, 1.54) is 10.7 Å². The summed E-state index contributed by atoms with van der Waals surface area (Å²) in [6.45, 7) is 10.1. The molecule has 37 heavy (non-hydrogen) atoms. The zero-order valence-corrected chi connectivity index (χ0v) is 21.3. The van der Waals surface area contributed by atoms with E-state index >= 15 is 0 Å². The highest BCUT2D eigenvalue weighted by Crippen LogP contribution is 2.36. The lowest BCUT2D eigenvalue weighted by Crippen LogP contribution is -2.46. The Morgan fingerprint density at radius 1 is 1.22 bits per heavy atom. The number of nitrogens with zero attached hydrogens (tertiary/aromatic N) is 8. The van der Waals surface area contributed by atoms with Crippen molar-refractivity contribution in [2.24, 2.45) is 0 Å². The highest BCUT2D eigenvalue weighted by molar-refractivity contribution is 6.36. The molecule has 1 saturated heterocycles. The van der Waals surface area contributed by atoms with Crippen LogP contribution in [0.2, 0.25) is 5.02 Å². The summed E-state index contributed by atoms with van der Waals surface area (Å²) in [5, 5.41) is 30.7. The molecule has 2 N–H and O–H groups in total. The first-order valence-electron chi connectivity index (χ1n) is 12.2. The molecule has 1 aromatic carbocycles. The number of allylic oxidation sites excluding steroid dienone is 2. The van der Waals surface area contributed by atoms with Crippen molar-refractivity contribution in [1.29, 1.82) is 10.5 Å². The Morgan fingerprint density at radius 2 is 2.00 bits per heavy atom. The molecule has 0 atom stereocenters. The van der Waals surface area contributed by atoms with E-state index in [0.717, 1.165) is 56.8 Å². The number of rotatable bonds is 8. The van der Waals surface area contributed by atoms with Crippen LogP contribution in [0.1, 0.15) is 31.0 Å². The predicted molar refractivity (Wildman–Crippen MR) is 144 cm³/mol.